The van der Waals surface area contributed by atoms with Gasteiger partial charge in [-0.15, -0.1) is 0 Å². The molecule has 0 amide bonds. The number of rotatable bonds is 6. The SMILES string of the molecule is COc1cc(Nc2cc(N3CCCC3)nc(C)n2)cc(OC)c1OC. The van der Waals surface area contributed by atoms with Crippen LogP contribution in [0.4, 0.5) is 17.3 Å². The molecule has 1 aromatic heterocycles. The summed E-state index contributed by atoms with van der Waals surface area (Å²) in [7, 11) is 4.78. The number of nitrogens with one attached hydrogen (secondary N) is 1. The number of aryl methyl sites for hydroxylation is 1. The van der Waals surface area contributed by atoms with Gasteiger partial charge in [-0.1, -0.05) is 0 Å². The predicted molar refractivity (Wildman–Crippen MR) is 97.6 cm³/mol. The average molecular weight is 344 g/mol. The molecule has 1 aliphatic heterocycles. The van der Waals surface area contributed by atoms with Crippen LogP contribution in [0.15, 0.2) is 18.2 Å². The van der Waals surface area contributed by atoms with E-state index in [9.17, 15) is 0 Å². The highest BCUT2D eigenvalue weighted by Gasteiger charge is 2.16. The van der Waals surface area contributed by atoms with Crippen LogP contribution in [0.5, 0.6) is 17.2 Å². The smallest absolute Gasteiger partial charge is 0.203 e. The van der Waals surface area contributed by atoms with Gasteiger partial charge in [0, 0.05) is 37.0 Å². The van der Waals surface area contributed by atoms with E-state index in [4.69, 9.17) is 14.2 Å². The molecule has 1 aliphatic rings. The van der Waals surface area contributed by atoms with Gasteiger partial charge in [0.05, 0.1) is 21.3 Å². The number of nitrogens with zero attached hydrogens (tertiary/aromatic N) is 3. The second-order valence-corrected chi connectivity index (χ2v) is 5.89. The van der Waals surface area contributed by atoms with Crippen LogP contribution in [-0.4, -0.2) is 44.4 Å². The van der Waals surface area contributed by atoms with Crippen LogP contribution in [0.2, 0.25) is 0 Å². The van der Waals surface area contributed by atoms with Gasteiger partial charge in [0.15, 0.2) is 11.5 Å². The van der Waals surface area contributed by atoms with Crippen molar-refractivity contribution in [3.05, 3.63) is 24.0 Å². The quantitative estimate of drug-likeness (QED) is 0.863. The van der Waals surface area contributed by atoms with Crippen molar-refractivity contribution >= 4 is 17.3 Å². The molecule has 1 N–H and O–H groups in total. The molecule has 0 radical (unpaired) electrons. The van der Waals surface area contributed by atoms with Crippen molar-refractivity contribution in [3.63, 3.8) is 0 Å². The Balaban J connectivity index is 1.91. The van der Waals surface area contributed by atoms with Gasteiger partial charge in [-0.05, 0) is 19.8 Å². The summed E-state index contributed by atoms with van der Waals surface area (Å²) in [5.41, 5.74) is 0.806. The molecule has 0 spiro atoms. The first kappa shape index (κ1) is 17.1. The lowest BCUT2D eigenvalue weighted by Gasteiger charge is -2.18. The topological polar surface area (TPSA) is 68.7 Å². The first-order valence-electron chi connectivity index (χ1n) is 8.32. The third-order valence-corrected chi connectivity index (χ3v) is 4.19. The Morgan fingerprint density at radius 1 is 0.920 bits per heavy atom. The van der Waals surface area contributed by atoms with E-state index in [1.165, 1.54) is 12.8 Å². The maximum absolute atomic E-state index is 5.40. The summed E-state index contributed by atoms with van der Waals surface area (Å²) in [4.78, 5) is 11.3. The van der Waals surface area contributed by atoms with E-state index < -0.39 is 0 Å². The Morgan fingerprint density at radius 2 is 1.56 bits per heavy atom. The van der Waals surface area contributed by atoms with Crippen LogP contribution in [0.1, 0.15) is 18.7 Å². The molecule has 0 aliphatic carbocycles. The fourth-order valence-electron chi connectivity index (χ4n) is 3.03. The van der Waals surface area contributed by atoms with Gasteiger partial charge < -0.3 is 24.4 Å². The first-order chi connectivity index (χ1) is 12.1. The molecular weight excluding hydrogens is 320 g/mol. The zero-order valence-electron chi connectivity index (χ0n) is 15.1. The highest BCUT2D eigenvalue weighted by atomic mass is 16.5. The normalized spacial score (nSPS) is 13.7. The molecule has 0 unspecified atom stereocenters. The molecule has 7 heteroatoms. The van der Waals surface area contributed by atoms with Crippen LogP contribution in [0, 0.1) is 6.92 Å². The van der Waals surface area contributed by atoms with E-state index in [1.807, 2.05) is 25.1 Å². The molecule has 1 aromatic carbocycles. The van der Waals surface area contributed by atoms with Crippen LogP contribution in [-0.2, 0) is 0 Å². The Bertz CT molecular complexity index is 720. The predicted octanol–water partition coefficient (Wildman–Crippen LogP) is 3.15. The first-order valence-corrected chi connectivity index (χ1v) is 8.32. The number of aromatic nitrogens is 2. The number of hydrogen-bond donors (Lipinski definition) is 1. The summed E-state index contributed by atoms with van der Waals surface area (Å²) < 4.78 is 16.2. The van der Waals surface area contributed by atoms with E-state index >= 15 is 0 Å². The summed E-state index contributed by atoms with van der Waals surface area (Å²) in [6.07, 6.45) is 2.41. The van der Waals surface area contributed by atoms with Crippen molar-refractivity contribution in [2.45, 2.75) is 19.8 Å². The van der Waals surface area contributed by atoms with Crippen molar-refractivity contribution in [2.75, 3.05) is 44.6 Å². The number of benzene rings is 1. The van der Waals surface area contributed by atoms with E-state index in [-0.39, 0.29) is 0 Å². The summed E-state index contributed by atoms with van der Waals surface area (Å²) in [5, 5.41) is 3.32. The molecule has 3 rings (SSSR count). The Kier molecular flexibility index (Phi) is 5.11. The molecule has 7 nitrogen and oxygen atoms in total. The van der Waals surface area contributed by atoms with Crippen molar-refractivity contribution in [1.29, 1.82) is 0 Å². The molecule has 1 saturated heterocycles. The minimum absolute atomic E-state index is 0.562. The van der Waals surface area contributed by atoms with Crippen LogP contribution < -0.4 is 24.4 Å². The number of methoxy groups -OCH3 is 3. The van der Waals surface area contributed by atoms with Crippen molar-refractivity contribution in [1.82, 2.24) is 9.97 Å². The third-order valence-electron chi connectivity index (χ3n) is 4.19. The highest BCUT2D eigenvalue weighted by molar-refractivity contribution is 5.67. The highest BCUT2D eigenvalue weighted by Crippen LogP contribution is 2.40. The largest absolute Gasteiger partial charge is 0.493 e. The molecule has 1 fully saturated rings. The summed E-state index contributed by atoms with van der Waals surface area (Å²) in [6.45, 7) is 3.99. The zero-order valence-corrected chi connectivity index (χ0v) is 15.1. The fourth-order valence-corrected chi connectivity index (χ4v) is 3.03. The molecule has 0 bridgehead atoms. The monoisotopic (exact) mass is 344 g/mol. The van der Waals surface area contributed by atoms with Crippen molar-refractivity contribution in [3.8, 4) is 17.2 Å². The van der Waals surface area contributed by atoms with Gasteiger partial charge in [0.1, 0.15) is 17.5 Å². The Hall–Kier alpha value is -2.70. The van der Waals surface area contributed by atoms with E-state index in [0.29, 0.717) is 17.2 Å². The Morgan fingerprint density at radius 3 is 2.12 bits per heavy atom. The van der Waals surface area contributed by atoms with Gasteiger partial charge in [-0.25, -0.2) is 9.97 Å². The van der Waals surface area contributed by atoms with Gasteiger partial charge in [0.2, 0.25) is 5.75 Å². The fraction of sp³-hybridized carbons (Fsp3) is 0.444. The van der Waals surface area contributed by atoms with Gasteiger partial charge >= 0.3 is 0 Å². The van der Waals surface area contributed by atoms with Crippen molar-refractivity contribution in [2.24, 2.45) is 0 Å². The van der Waals surface area contributed by atoms with Crippen LogP contribution in [0.3, 0.4) is 0 Å². The standard InChI is InChI=1S/C18H24N4O3/c1-12-19-16(11-17(20-12)22-7-5-6-8-22)21-13-9-14(23-2)18(25-4)15(10-13)24-3/h9-11H,5-8H2,1-4H3,(H,19,20,21). The molecule has 25 heavy (non-hydrogen) atoms. The number of ether oxygens (including phenoxy) is 3. The van der Waals surface area contributed by atoms with E-state index in [0.717, 1.165) is 36.2 Å². The number of anilines is 3. The van der Waals surface area contributed by atoms with Gasteiger partial charge in [-0.2, -0.15) is 0 Å². The minimum Gasteiger partial charge on any atom is -0.493 e. The van der Waals surface area contributed by atoms with E-state index in [2.05, 4.69) is 20.2 Å². The zero-order chi connectivity index (χ0) is 17.8. The second-order valence-electron chi connectivity index (χ2n) is 5.89. The summed E-state index contributed by atoms with van der Waals surface area (Å²) in [6, 6.07) is 5.68. The van der Waals surface area contributed by atoms with E-state index in [1.54, 1.807) is 21.3 Å². The number of hydrogen-bond acceptors (Lipinski definition) is 7. The maximum Gasteiger partial charge on any atom is 0.203 e. The lowest BCUT2D eigenvalue weighted by Crippen LogP contribution is -2.19. The molecular formula is C18H24N4O3. The molecule has 0 saturated carbocycles. The second kappa shape index (κ2) is 7.46. The van der Waals surface area contributed by atoms with Crippen LogP contribution in [0.25, 0.3) is 0 Å². The Labute approximate surface area is 147 Å². The van der Waals surface area contributed by atoms with Crippen LogP contribution >= 0.6 is 0 Å². The van der Waals surface area contributed by atoms with Crippen molar-refractivity contribution < 1.29 is 14.2 Å². The molecule has 2 aromatic rings. The van der Waals surface area contributed by atoms with Gasteiger partial charge in [-0.3, -0.25) is 0 Å². The third kappa shape index (κ3) is 3.70. The average Bonchev–Trinajstić information content (AvgIpc) is 3.15. The maximum atomic E-state index is 5.40. The minimum atomic E-state index is 0.562. The lowest BCUT2D eigenvalue weighted by molar-refractivity contribution is 0.324. The lowest BCUT2D eigenvalue weighted by atomic mass is 10.2. The molecule has 134 valence electrons. The van der Waals surface area contributed by atoms with Gasteiger partial charge in [0.25, 0.3) is 0 Å². The summed E-state index contributed by atoms with van der Waals surface area (Å²) >= 11 is 0. The summed E-state index contributed by atoms with van der Waals surface area (Å²) in [5.74, 6) is 4.18. The molecule has 2 heterocycles. The molecule has 0 atom stereocenters.